The molecule has 12 heteroatoms. The molecule has 0 unspecified atom stereocenters. The van der Waals surface area contributed by atoms with Crippen molar-refractivity contribution in [3.63, 3.8) is 0 Å². The second-order valence-corrected chi connectivity index (χ2v) is 11.2. The maximum atomic E-state index is 13.2. The van der Waals surface area contributed by atoms with Gasteiger partial charge < -0.3 is 5.32 Å². The van der Waals surface area contributed by atoms with Crippen molar-refractivity contribution < 1.29 is 26.0 Å². The number of halogens is 2. The van der Waals surface area contributed by atoms with Gasteiger partial charge in [-0.1, -0.05) is 23.7 Å². The zero-order valence-electron chi connectivity index (χ0n) is 17.9. The van der Waals surface area contributed by atoms with Crippen LogP contribution < -0.4 is 14.8 Å². The van der Waals surface area contributed by atoms with E-state index in [0.29, 0.717) is 6.42 Å². The van der Waals surface area contributed by atoms with E-state index in [-0.39, 0.29) is 32.6 Å². The fourth-order valence-corrected chi connectivity index (χ4v) is 4.99. The average Bonchev–Trinajstić information content (AvgIpc) is 2.79. The molecule has 180 valence electrons. The molecule has 0 aliphatic rings. The highest BCUT2D eigenvalue weighted by atomic mass is 35.5. The number of nitrogens with one attached hydrogen (secondary N) is 1. The lowest BCUT2D eigenvalue weighted by molar-refractivity contribution is 0.0954. The molecule has 0 atom stereocenters. The number of carbonyl (C=O) groups excluding carboxylic acids is 1. The fourth-order valence-electron chi connectivity index (χ4n) is 3.05. The summed E-state index contributed by atoms with van der Waals surface area (Å²) in [6.45, 7) is 0.191. The summed E-state index contributed by atoms with van der Waals surface area (Å²) in [6, 6.07) is 14.6. The van der Waals surface area contributed by atoms with E-state index in [2.05, 4.69) is 5.32 Å². The van der Waals surface area contributed by atoms with Gasteiger partial charge in [0.15, 0.2) is 0 Å². The number of nitrogens with zero attached hydrogens (tertiary/aromatic N) is 1. The van der Waals surface area contributed by atoms with Gasteiger partial charge in [-0.25, -0.2) is 26.4 Å². The molecule has 0 fully saturated rings. The van der Waals surface area contributed by atoms with E-state index in [1.165, 1.54) is 49.5 Å². The Morgan fingerprint density at radius 3 is 2.15 bits per heavy atom. The van der Waals surface area contributed by atoms with Gasteiger partial charge in [0.1, 0.15) is 5.82 Å². The highest BCUT2D eigenvalue weighted by molar-refractivity contribution is 7.92. The maximum Gasteiger partial charge on any atom is 0.264 e. The van der Waals surface area contributed by atoms with Crippen molar-refractivity contribution in [2.75, 3.05) is 17.9 Å². The van der Waals surface area contributed by atoms with Crippen molar-refractivity contribution in [1.29, 1.82) is 0 Å². The third-order valence-electron chi connectivity index (χ3n) is 4.98. The average molecular weight is 526 g/mol. The predicted molar refractivity (Wildman–Crippen MR) is 127 cm³/mol. The number of rotatable bonds is 8. The van der Waals surface area contributed by atoms with E-state index >= 15 is 0 Å². The van der Waals surface area contributed by atoms with Gasteiger partial charge >= 0.3 is 0 Å². The second kappa shape index (κ2) is 10.1. The van der Waals surface area contributed by atoms with Crippen LogP contribution in [0, 0.1) is 5.82 Å². The maximum absolute atomic E-state index is 13.2. The van der Waals surface area contributed by atoms with Crippen molar-refractivity contribution in [2.24, 2.45) is 5.14 Å². The Bertz CT molecular complexity index is 1410. The number of anilines is 1. The molecule has 0 saturated carbocycles. The quantitative estimate of drug-likeness (QED) is 0.467. The Kier molecular flexibility index (Phi) is 7.61. The normalized spacial score (nSPS) is 11.8. The molecule has 34 heavy (non-hydrogen) atoms. The van der Waals surface area contributed by atoms with Crippen molar-refractivity contribution in [3.8, 4) is 0 Å². The van der Waals surface area contributed by atoms with Crippen LogP contribution in [-0.2, 0) is 26.5 Å². The summed E-state index contributed by atoms with van der Waals surface area (Å²) in [4.78, 5) is 12.5. The van der Waals surface area contributed by atoms with Gasteiger partial charge in [0.25, 0.3) is 15.9 Å². The van der Waals surface area contributed by atoms with Crippen LogP contribution in [0.25, 0.3) is 0 Å². The van der Waals surface area contributed by atoms with E-state index in [1.807, 2.05) is 0 Å². The number of nitrogens with two attached hydrogens (primary N) is 1. The third kappa shape index (κ3) is 5.92. The highest BCUT2D eigenvalue weighted by Crippen LogP contribution is 2.26. The van der Waals surface area contributed by atoms with E-state index in [0.717, 1.165) is 22.0 Å². The Labute approximate surface area is 202 Å². The van der Waals surface area contributed by atoms with Crippen LogP contribution in [-0.4, -0.2) is 36.3 Å². The first-order valence-corrected chi connectivity index (χ1v) is 13.2. The van der Waals surface area contributed by atoms with Crippen LogP contribution in [0.3, 0.4) is 0 Å². The Morgan fingerprint density at radius 1 is 0.971 bits per heavy atom. The highest BCUT2D eigenvalue weighted by Gasteiger charge is 2.24. The van der Waals surface area contributed by atoms with Crippen LogP contribution in [0.5, 0.6) is 0 Å². The summed E-state index contributed by atoms with van der Waals surface area (Å²) >= 11 is 6.13. The minimum absolute atomic E-state index is 0.0179. The van der Waals surface area contributed by atoms with Gasteiger partial charge in [-0.3, -0.25) is 9.10 Å². The first-order chi connectivity index (χ1) is 15.9. The lowest BCUT2D eigenvalue weighted by Gasteiger charge is -2.20. The van der Waals surface area contributed by atoms with Gasteiger partial charge in [0.05, 0.1) is 26.1 Å². The number of hydrogen-bond donors (Lipinski definition) is 2. The molecular formula is C22H21ClFN3O5S2. The first kappa shape index (κ1) is 25.6. The molecule has 3 aromatic rings. The van der Waals surface area contributed by atoms with E-state index < -0.39 is 31.8 Å². The first-order valence-electron chi connectivity index (χ1n) is 9.83. The van der Waals surface area contributed by atoms with E-state index in [9.17, 15) is 26.0 Å². The van der Waals surface area contributed by atoms with Crippen LogP contribution in [0.1, 0.15) is 15.9 Å². The smallest absolute Gasteiger partial charge is 0.264 e. The summed E-state index contributed by atoms with van der Waals surface area (Å²) < 4.78 is 62.8. The molecule has 3 rings (SSSR count). The molecule has 0 heterocycles. The predicted octanol–water partition coefficient (Wildman–Crippen LogP) is 2.92. The largest absolute Gasteiger partial charge is 0.352 e. The van der Waals surface area contributed by atoms with Gasteiger partial charge in [0, 0.05) is 13.6 Å². The molecule has 8 nitrogen and oxygen atoms in total. The summed E-state index contributed by atoms with van der Waals surface area (Å²) in [5.74, 6) is -1.08. The summed E-state index contributed by atoms with van der Waals surface area (Å²) in [5.41, 5.74) is 0.978. The molecule has 3 N–H and O–H groups in total. The number of carbonyl (C=O) groups is 1. The number of hydrogen-bond acceptors (Lipinski definition) is 5. The molecule has 0 spiro atoms. The lowest BCUT2D eigenvalue weighted by Crippen LogP contribution is -2.28. The topological polar surface area (TPSA) is 127 Å². The van der Waals surface area contributed by atoms with Crippen LogP contribution in [0.4, 0.5) is 10.1 Å². The summed E-state index contributed by atoms with van der Waals surface area (Å²) in [6.07, 6.45) is 0.388. The molecular weight excluding hydrogens is 505 g/mol. The Balaban J connectivity index is 1.72. The van der Waals surface area contributed by atoms with Crippen LogP contribution in [0.15, 0.2) is 76.5 Å². The number of sulfonamides is 2. The molecule has 0 bridgehead atoms. The minimum Gasteiger partial charge on any atom is -0.352 e. The molecule has 0 saturated heterocycles. The van der Waals surface area contributed by atoms with Crippen LogP contribution >= 0.6 is 11.6 Å². The molecule has 0 aliphatic heterocycles. The third-order valence-corrected chi connectivity index (χ3v) is 8.02. The Morgan fingerprint density at radius 2 is 1.56 bits per heavy atom. The molecule has 3 aromatic carbocycles. The SMILES string of the molecule is CN(c1ccc(F)cc1)S(=O)(=O)c1ccc(Cl)c(C(=O)NCCc2ccc(S(N)(=O)=O)cc2)c1. The number of amides is 1. The zero-order chi connectivity index (χ0) is 25.1. The summed E-state index contributed by atoms with van der Waals surface area (Å²) in [7, 11) is -6.52. The van der Waals surface area contributed by atoms with E-state index in [4.69, 9.17) is 16.7 Å². The summed E-state index contributed by atoms with van der Waals surface area (Å²) in [5, 5.41) is 7.80. The van der Waals surface area contributed by atoms with Crippen molar-refractivity contribution in [2.45, 2.75) is 16.2 Å². The molecule has 0 radical (unpaired) electrons. The monoisotopic (exact) mass is 525 g/mol. The number of primary sulfonamides is 1. The zero-order valence-corrected chi connectivity index (χ0v) is 20.3. The van der Waals surface area contributed by atoms with E-state index in [1.54, 1.807) is 12.1 Å². The fraction of sp³-hybridized carbons (Fsp3) is 0.136. The Hall–Kier alpha value is -2.99. The standard InChI is InChI=1S/C22H21ClFN3O5S2/c1-27(17-6-4-16(24)5-7-17)34(31,32)19-10-11-21(23)20(14-19)22(28)26-13-12-15-2-8-18(9-3-15)33(25,29)30/h2-11,14H,12-13H2,1H3,(H,26,28)(H2,25,29,30). The molecule has 0 aliphatic carbocycles. The van der Waals surface area contributed by atoms with Crippen LogP contribution in [0.2, 0.25) is 5.02 Å². The van der Waals surface area contributed by atoms with Gasteiger partial charge in [0.2, 0.25) is 10.0 Å². The molecule has 1 amide bonds. The van der Waals surface area contributed by atoms with Gasteiger partial charge in [-0.05, 0) is 66.6 Å². The minimum atomic E-state index is -4.04. The van der Waals surface area contributed by atoms with Crippen molar-refractivity contribution in [1.82, 2.24) is 5.32 Å². The second-order valence-electron chi connectivity index (χ2n) is 7.29. The molecule has 0 aromatic heterocycles. The number of benzene rings is 3. The van der Waals surface area contributed by atoms with Gasteiger partial charge in [-0.2, -0.15) is 0 Å². The van der Waals surface area contributed by atoms with Gasteiger partial charge in [-0.15, -0.1) is 0 Å². The van der Waals surface area contributed by atoms with Crippen molar-refractivity contribution >= 4 is 43.2 Å². The van der Waals surface area contributed by atoms with Crippen molar-refractivity contribution in [3.05, 3.63) is 88.7 Å². The lowest BCUT2D eigenvalue weighted by atomic mass is 10.1.